The molecule has 1 fully saturated rings. The van der Waals surface area contributed by atoms with Gasteiger partial charge in [0.05, 0.1) is 10.6 Å². The Bertz CT molecular complexity index is 405. The van der Waals surface area contributed by atoms with Crippen LogP contribution in [0.3, 0.4) is 0 Å². The van der Waals surface area contributed by atoms with Gasteiger partial charge in [0.15, 0.2) is 0 Å². The summed E-state index contributed by atoms with van der Waals surface area (Å²) in [5, 5.41) is 0.686. The first-order chi connectivity index (χ1) is 7.65. The highest BCUT2D eigenvalue weighted by Crippen LogP contribution is 2.32. The highest BCUT2D eigenvalue weighted by atomic mass is 32.1. The van der Waals surface area contributed by atoms with Gasteiger partial charge in [-0.05, 0) is 31.7 Å². The third-order valence-corrected chi connectivity index (χ3v) is 4.17. The maximum absolute atomic E-state index is 12.3. The molecule has 0 atom stereocenters. The summed E-state index contributed by atoms with van der Waals surface area (Å²) < 4.78 is 0. The van der Waals surface area contributed by atoms with Crippen LogP contribution in [-0.2, 0) is 6.42 Å². The molecular formula is C12H18N2OS. The Morgan fingerprint density at radius 1 is 1.44 bits per heavy atom. The summed E-state index contributed by atoms with van der Waals surface area (Å²) in [7, 11) is 0. The van der Waals surface area contributed by atoms with Crippen molar-refractivity contribution in [1.82, 2.24) is 4.90 Å². The molecule has 1 amide bonds. The van der Waals surface area contributed by atoms with E-state index in [9.17, 15) is 4.79 Å². The number of amides is 1. The summed E-state index contributed by atoms with van der Waals surface area (Å²) in [6.07, 6.45) is 3.13. The summed E-state index contributed by atoms with van der Waals surface area (Å²) >= 11 is 1.54. The Hall–Kier alpha value is -1.03. The number of nitrogens with two attached hydrogens (primary N) is 1. The molecule has 0 spiro atoms. The second kappa shape index (κ2) is 4.45. The standard InChI is InChI=1S/C12H18N2OS/c1-3-9-8(2)16-11(13)10(9)12(15)14-6-4-5-7-14/h3-7,13H2,1-2H3. The number of nitrogen functional groups attached to an aromatic ring is 1. The van der Waals surface area contributed by atoms with Gasteiger partial charge in [-0.2, -0.15) is 0 Å². The van der Waals surface area contributed by atoms with Crippen molar-refractivity contribution < 1.29 is 4.79 Å². The lowest BCUT2D eigenvalue weighted by Gasteiger charge is -2.16. The number of rotatable bonds is 2. The normalized spacial score (nSPS) is 15.8. The number of hydrogen-bond donors (Lipinski definition) is 1. The summed E-state index contributed by atoms with van der Waals surface area (Å²) in [6, 6.07) is 0. The first kappa shape index (κ1) is 11.5. The van der Waals surface area contributed by atoms with E-state index in [0.717, 1.165) is 43.5 Å². The smallest absolute Gasteiger partial charge is 0.257 e. The van der Waals surface area contributed by atoms with Crippen LogP contribution >= 0.6 is 11.3 Å². The fourth-order valence-corrected chi connectivity index (χ4v) is 3.35. The van der Waals surface area contributed by atoms with Gasteiger partial charge in [-0.25, -0.2) is 0 Å². The molecule has 0 aromatic carbocycles. The topological polar surface area (TPSA) is 46.3 Å². The lowest BCUT2D eigenvalue weighted by molar-refractivity contribution is 0.0793. The molecule has 2 N–H and O–H groups in total. The molecule has 2 rings (SSSR count). The van der Waals surface area contributed by atoms with E-state index in [4.69, 9.17) is 5.73 Å². The highest BCUT2D eigenvalue weighted by molar-refractivity contribution is 7.16. The molecule has 1 saturated heterocycles. The van der Waals surface area contributed by atoms with E-state index < -0.39 is 0 Å². The summed E-state index contributed by atoms with van der Waals surface area (Å²) in [5.41, 5.74) is 7.87. The lowest BCUT2D eigenvalue weighted by Crippen LogP contribution is -2.28. The molecule has 3 nitrogen and oxygen atoms in total. The minimum Gasteiger partial charge on any atom is -0.390 e. The van der Waals surface area contributed by atoms with Crippen LogP contribution in [0.1, 0.15) is 40.6 Å². The number of likely N-dealkylation sites (tertiary alicyclic amines) is 1. The predicted molar refractivity (Wildman–Crippen MR) is 68.0 cm³/mol. The number of aryl methyl sites for hydroxylation is 1. The maximum atomic E-state index is 12.3. The highest BCUT2D eigenvalue weighted by Gasteiger charge is 2.25. The van der Waals surface area contributed by atoms with Gasteiger partial charge in [-0.15, -0.1) is 11.3 Å². The Morgan fingerprint density at radius 2 is 2.06 bits per heavy atom. The molecule has 1 aromatic rings. The van der Waals surface area contributed by atoms with Crippen molar-refractivity contribution in [3.63, 3.8) is 0 Å². The summed E-state index contributed by atoms with van der Waals surface area (Å²) in [4.78, 5) is 15.4. The predicted octanol–water partition coefficient (Wildman–Crippen LogP) is 2.44. The molecule has 1 aromatic heterocycles. The minimum absolute atomic E-state index is 0.135. The van der Waals surface area contributed by atoms with Gasteiger partial charge in [0.1, 0.15) is 0 Å². The van der Waals surface area contributed by atoms with Crippen LogP contribution < -0.4 is 5.73 Å². The zero-order valence-electron chi connectivity index (χ0n) is 9.88. The molecule has 0 saturated carbocycles. The largest absolute Gasteiger partial charge is 0.390 e. The molecule has 4 heteroatoms. The first-order valence-electron chi connectivity index (χ1n) is 5.82. The van der Waals surface area contributed by atoms with Gasteiger partial charge < -0.3 is 10.6 Å². The van der Waals surface area contributed by atoms with E-state index >= 15 is 0 Å². The first-order valence-corrected chi connectivity index (χ1v) is 6.63. The summed E-state index contributed by atoms with van der Waals surface area (Å²) in [6.45, 7) is 5.89. The fourth-order valence-electron chi connectivity index (χ4n) is 2.34. The Balaban J connectivity index is 2.34. The van der Waals surface area contributed by atoms with E-state index in [0.29, 0.717) is 5.00 Å². The van der Waals surface area contributed by atoms with Gasteiger partial charge >= 0.3 is 0 Å². The van der Waals surface area contributed by atoms with E-state index in [1.165, 1.54) is 16.2 Å². The molecule has 0 unspecified atom stereocenters. The number of thiophene rings is 1. The lowest BCUT2D eigenvalue weighted by atomic mass is 10.1. The average molecular weight is 238 g/mol. The van der Waals surface area contributed by atoms with Crippen LogP contribution in [-0.4, -0.2) is 23.9 Å². The molecular weight excluding hydrogens is 220 g/mol. The third kappa shape index (κ3) is 1.82. The Labute approximate surface area is 100 Å². The van der Waals surface area contributed by atoms with Crippen molar-refractivity contribution in [2.75, 3.05) is 18.8 Å². The van der Waals surface area contributed by atoms with Crippen molar-refractivity contribution in [3.05, 3.63) is 16.0 Å². The van der Waals surface area contributed by atoms with Crippen LogP contribution in [0.25, 0.3) is 0 Å². The van der Waals surface area contributed by atoms with Crippen LogP contribution in [0.2, 0.25) is 0 Å². The van der Waals surface area contributed by atoms with Gasteiger partial charge in [-0.3, -0.25) is 4.79 Å². The molecule has 0 radical (unpaired) electrons. The van der Waals surface area contributed by atoms with Gasteiger partial charge in [0.25, 0.3) is 5.91 Å². The molecule has 1 aliphatic rings. The Kier molecular flexibility index (Phi) is 3.19. The molecule has 2 heterocycles. The van der Waals surface area contributed by atoms with Gasteiger partial charge in [0.2, 0.25) is 0 Å². The van der Waals surface area contributed by atoms with Crippen LogP contribution in [0.15, 0.2) is 0 Å². The number of hydrogen-bond acceptors (Lipinski definition) is 3. The van der Waals surface area contributed by atoms with Crippen molar-refractivity contribution >= 4 is 22.2 Å². The summed E-state index contributed by atoms with van der Waals surface area (Å²) in [5.74, 6) is 0.135. The molecule has 1 aliphatic heterocycles. The second-order valence-electron chi connectivity index (χ2n) is 4.23. The Morgan fingerprint density at radius 3 is 2.62 bits per heavy atom. The zero-order chi connectivity index (χ0) is 11.7. The molecule has 88 valence electrons. The zero-order valence-corrected chi connectivity index (χ0v) is 10.7. The molecule has 0 aliphatic carbocycles. The molecule has 0 bridgehead atoms. The van der Waals surface area contributed by atoms with Crippen LogP contribution in [0, 0.1) is 6.92 Å². The number of carbonyl (C=O) groups excluding carboxylic acids is 1. The number of nitrogens with zero attached hydrogens (tertiary/aromatic N) is 1. The van der Waals surface area contributed by atoms with E-state index in [1.54, 1.807) is 0 Å². The number of carbonyl (C=O) groups is 1. The van der Waals surface area contributed by atoms with Crippen molar-refractivity contribution in [3.8, 4) is 0 Å². The van der Waals surface area contributed by atoms with E-state index in [-0.39, 0.29) is 5.91 Å². The van der Waals surface area contributed by atoms with Crippen LogP contribution in [0.4, 0.5) is 5.00 Å². The fraction of sp³-hybridized carbons (Fsp3) is 0.583. The number of anilines is 1. The second-order valence-corrected chi connectivity index (χ2v) is 5.49. The SMILES string of the molecule is CCc1c(C)sc(N)c1C(=O)N1CCCC1. The third-order valence-electron chi connectivity index (χ3n) is 3.20. The van der Waals surface area contributed by atoms with Gasteiger partial charge in [-0.1, -0.05) is 6.92 Å². The minimum atomic E-state index is 0.135. The molecule has 16 heavy (non-hydrogen) atoms. The van der Waals surface area contributed by atoms with Crippen LogP contribution in [0.5, 0.6) is 0 Å². The van der Waals surface area contributed by atoms with Crippen molar-refractivity contribution in [2.24, 2.45) is 0 Å². The van der Waals surface area contributed by atoms with Crippen molar-refractivity contribution in [1.29, 1.82) is 0 Å². The van der Waals surface area contributed by atoms with Gasteiger partial charge in [0, 0.05) is 18.0 Å². The maximum Gasteiger partial charge on any atom is 0.257 e. The van der Waals surface area contributed by atoms with E-state index in [2.05, 4.69) is 6.92 Å². The van der Waals surface area contributed by atoms with Crippen molar-refractivity contribution in [2.45, 2.75) is 33.1 Å². The monoisotopic (exact) mass is 238 g/mol. The van der Waals surface area contributed by atoms with E-state index in [1.807, 2.05) is 11.8 Å². The quantitative estimate of drug-likeness (QED) is 0.860. The average Bonchev–Trinajstić information content (AvgIpc) is 2.84.